The van der Waals surface area contributed by atoms with Crippen molar-refractivity contribution in [2.75, 3.05) is 25.2 Å². The molecular weight excluding hydrogens is 452 g/mol. The number of fused-ring (bicyclic) bond motifs is 1. The highest BCUT2D eigenvalue weighted by Gasteiger charge is 2.32. The van der Waals surface area contributed by atoms with Gasteiger partial charge in [-0.1, -0.05) is 19.1 Å². The minimum atomic E-state index is -0.582. The van der Waals surface area contributed by atoms with Gasteiger partial charge in [0.25, 0.3) is 5.91 Å². The van der Waals surface area contributed by atoms with Crippen molar-refractivity contribution in [3.8, 4) is 17.0 Å². The standard InChI is InChI=1S/C26H28N2O5S/c1-4-12-32-26(30)19-7-5-18(6-8-19)15-28-22-14-20(9-10-23(22)33-17(2)25(28)29)21-16-34-24(27-21)11-13-31-3/h5-10,14,16-17H,4,11-13,15H2,1-3H3. The molecule has 8 heteroatoms. The summed E-state index contributed by atoms with van der Waals surface area (Å²) in [6.45, 7) is 5.09. The number of thiazole rings is 1. The Bertz CT molecular complexity index is 1160. The number of esters is 1. The van der Waals surface area contributed by atoms with E-state index in [0.29, 0.717) is 36.8 Å². The Morgan fingerprint density at radius 3 is 2.71 bits per heavy atom. The van der Waals surface area contributed by atoms with E-state index in [-0.39, 0.29) is 11.9 Å². The molecule has 0 saturated carbocycles. The minimum absolute atomic E-state index is 0.116. The van der Waals surface area contributed by atoms with E-state index >= 15 is 0 Å². The van der Waals surface area contributed by atoms with Gasteiger partial charge in [0.1, 0.15) is 5.75 Å². The zero-order valence-electron chi connectivity index (χ0n) is 19.6. The van der Waals surface area contributed by atoms with Crippen molar-refractivity contribution < 1.29 is 23.8 Å². The van der Waals surface area contributed by atoms with Crippen LogP contribution in [0.1, 0.15) is 41.2 Å². The molecule has 0 radical (unpaired) electrons. The highest BCUT2D eigenvalue weighted by molar-refractivity contribution is 7.09. The Morgan fingerprint density at radius 1 is 1.18 bits per heavy atom. The van der Waals surface area contributed by atoms with Crippen LogP contribution in [-0.4, -0.2) is 43.3 Å². The number of carbonyl (C=O) groups is 2. The van der Waals surface area contributed by atoms with Crippen molar-refractivity contribution in [2.24, 2.45) is 0 Å². The normalized spacial score (nSPS) is 15.1. The predicted molar refractivity (Wildman–Crippen MR) is 131 cm³/mol. The Hall–Kier alpha value is -3.23. The van der Waals surface area contributed by atoms with Gasteiger partial charge in [0.05, 0.1) is 41.7 Å². The van der Waals surface area contributed by atoms with E-state index in [0.717, 1.165) is 34.7 Å². The zero-order valence-corrected chi connectivity index (χ0v) is 20.4. The van der Waals surface area contributed by atoms with Crippen LogP contribution < -0.4 is 9.64 Å². The number of rotatable bonds is 9. The average Bonchev–Trinajstić information content (AvgIpc) is 3.33. The summed E-state index contributed by atoms with van der Waals surface area (Å²) in [6.07, 6.45) is 0.957. The molecule has 3 aromatic rings. The molecule has 1 aliphatic rings. The fourth-order valence-electron chi connectivity index (χ4n) is 3.68. The first-order valence-electron chi connectivity index (χ1n) is 11.3. The van der Waals surface area contributed by atoms with Gasteiger partial charge in [-0.3, -0.25) is 4.79 Å². The Labute approximate surface area is 203 Å². The number of methoxy groups -OCH3 is 1. The number of amides is 1. The zero-order chi connectivity index (χ0) is 24.1. The van der Waals surface area contributed by atoms with Gasteiger partial charge in [-0.15, -0.1) is 11.3 Å². The maximum Gasteiger partial charge on any atom is 0.338 e. The summed E-state index contributed by atoms with van der Waals surface area (Å²) in [5.74, 6) is 0.202. The molecule has 0 bridgehead atoms. The molecule has 1 aliphatic heterocycles. The number of benzene rings is 2. The molecular formula is C26H28N2O5S. The third-order valence-electron chi connectivity index (χ3n) is 5.50. The van der Waals surface area contributed by atoms with Crippen molar-refractivity contribution in [3.05, 3.63) is 64.0 Å². The first-order valence-corrected chi connectivity index (χ1v) is 12.2. The van der Waals surface area contributed by atoms with Gasteiger partial charge >= 0.3 is 5.97 Å². The van der Waals surface area contributed by atoms with Crippen molar-refractivity contribution in [3.63, 3.8) is 0 Å². The summed E-state index contributed by atoms with van der Waals surface area (Å²) < 4.78 is 16.2. The predicted octanol–water partition coefficient (Wildman–Crippen LogP) is 4.88. The number of hydrogen-bond donors (Lipinski definition) is 0. The van der Waals surface area contributed by atoms with Crippen LogP contribution in [0.5, 0.6) is 5.75 Å². The number of anilines is 1. The number of carbonyl (C=O) groups excluding carboxylic acids is 2. The van der Waals surface area contributed by atoms with Gasteiger partial charge < -0.3 is 19.1 Å². The highest BCUT2D eigenvalue weighted by Crippen LogP contribution is 2.38. The topological polar surface area (TPSA) is 78.0 Å². The second-order valence-corrected chi connectivity index (χ2v) is 9.01. The van der Waals surface area contributed by atoms with Crippen LogP contribution in [0, 0.1) is 0 Å². The van der Waals surface area contributed by atoms with Crippen LogP contribution in [-0.2, 0) is 27.2 Å². The van der Waals surface area contributed by atoms with Crippen molar-refractivity contribution in [2.45, 2.75) is 39.3 Å². The summed E-state index contributed by atoms with van der Waals surface area (Å²) in [5.41, 5.74) is 3.89. The summed E-state index contributed by atoms with van der Waals surface area (Å²) >= 11 is 1.59. The molecule has 7 nitrogen and oxygen atoms in total. The van der Waals surface area contributed by atoms with E-state index in [9.17, 15) is 9.59 Å². The molecule has 2 aromatic carbocycles. The third-order valence-corrected chi connectivity index (χ3v) is 6.41. The van der Waals surface area contributed by atoms with Crippen LogP contribution in [0.25, 0.3) is 11.3 Å². The quantitative estimate of drug-likeness (QED) is 0.406. The molecule has 2 heterocycles. The second kappa shape index (κ2) is 10.8. The molecule has 1 aromatic heterocycles. The Balaban J connectivity index is 1.58. The van der Waals surface area contributed by atoms with E-state index < -0.39 is 6.10 Å². The summed E-state index contributed by atoms with van der Waals surface area (Å²) in [4.78, 5) is 31.6. The fourth-order valence-corrected chi connectivity index (χ4v) is 4.47. The van der Waals surface area contributed by atoms with Crippen LogP contribution >= 0.6 is 11.3 Å². The molecule has 1 amide bonds. The molecule has 34 heavy (non-hydrogen) atoms. The van der Waals surface area contributed by atoms with E-state index in [1.807, 2.05) is 42.6 Å². The smallest absolute Gasteiger partial charge is 0.338 e. The molecule has 0 saturated heterocycles. The van der Waals surface area contributed by atoms with Crippen LogP contribution in [0.3, 0.4) is 0 Å². The van der Waals surface area contributed by atoms with Crippen molar-refractivity contribution in [1.29, 1.82) is 0 Å². The van der Waals surface area contributed by atoms with Gasteiger partial charge in [0.15, 0.2) is 6.10 Å². The average molecular weight is 481 g/mol. The highest BCUT2D eigenvalue weighted by atomic mass is 32.1. The summed E-state index contributed by atoms with van der Waals surface area (Å²) in [6, 6.07) is 13.0. The number of ether oxygens (including phenoxy) is 3. The van der Waals surface area contributed by atoms with E-state index in [2.05, 4.69) is 0 Å². The molecule has 4 rings (SSSR count). The lowest BCUT2D eigenvalue weighted by molar-refractivity contribution is -0.125. The van der Waals surface area contributed by atoms with E-state index in [4.69, 9.17) is 19.2 Å². The van der Waals surface area contributed by atoms with Gasteiger partial charge in [-0.25, -0.2) is 9.78 Å². The SMILES string of the molecule is CCCOC(=O)c1ccc(CN2C(=O)C(C)Oc3ccc(-c4csc(CCOC)n4)cc32)cc1. The van der Waals surface area contributed by atoms with E-state index in [1.54, 1.807) is 42.4 Å². The van der Waals surface area contributed by atoms with Gasteiger partial charge in [0, 0.05) is 24.5 Å². The molecule has 0 N–H and O–H groups in total. The lowest BCUT2D eigenvalue weighted by Crippen LogP contribution is -2.44. The molecule has 178 valence electrons. The first kappa shape index (κ1) is 23.9. The van der Waals surface area contributed by atoms with E-state index in [1.165, 1.54) is 0 Å². The second-order valence-electron chi connectivity index (χ2n) is 8.07. The summed E-state index contributed by atoms with van der Waals surface area (Å²) in [5, 5.41) is 3.02. The van der Waals surface area contributed by atoms with Gasteiger partial charge in [0.2, 0.25) is 0 Å². The van der Waals surface area contributed by atoms with Gasteiger partial charge in [-0.05, 0) is 49.2 Å². The monoisotopic (exact) mass is 480 g/mol. The number of hydrogen-bond acceptors (Lipinski definition) is 7. The lowest BCUT2D eigenvalue weighted by Gasteiger charge is -2.33. The van der Waals surface area contributed by atoms with Crippen LogP contribution in [0.2, 0.25) is 0 Å². The van der Waals surface area contributed by atoms with Crippen molar-refractivity contribution >= 4 is 28.9 Å². The fraction of sp³-hybridized carbons (Fsp3) is 0.346. The number of aromatic nitrogens is 1. The molecule has 1 atom stereocenters. The Morgan fingerprint density at radius 2 is 1.97 bits per heavy atom. The van der Waals surface area contributed by atoms with Gasteiger partial charge in [-0.2, -0.15) is 0 Å². The lowest BCUT2D eigenvalue weighted by atomic mass is 10.1. The maximum atomic E-state index is 13.1. The Kier molecular flexibility index (Phi) is 7.59. The molecule has 0 fully saturated rings. The number of nitrogens with zero attached hydrogens (tertiary/aromatic N) is 2. The molecule has 1 unspecified atom stereocenters. The minimum Gasteiger partial charge on any atom is -0.479 e. The molecule has 0 spiro atoms. The van der Waals surface area contributed by atoms with Crippen LogP contribution in [0.4, 0.5) is 5.69 Å². The maximum absolute atomic E-state index is 13.1. The first-order chi connectivity index (χ1) is 16.5. The molecule has 0 aliphatic carbocycles. The third kappa shape index (κ3) is 5.29. The summed E-state index contributed by atoms with van der Waals surface area (Å²) in [7, 11) is 1.68. The van der Waals surface area contributed by atoms with Crippen molar-refractivity contribution in [1.82, 2.24) is 4.98 Å². The largest absolute Gasteiger partial charge is 0.479 e. The van der Waals surface area contributed by atoms with Crippen LogP contribution in [0.15, 0.2) is 47.8 Å².